The van der Waals surface area contributed by atoms with Crippen molar-refractivity contribution < 1.29 is 14.6 Å². The van der Waals surface area contributed by atoms with Crippen LogP contribution in [0.25, 0.3) is 0 Å². The smallest absolute Gasteiger partial charge is 0.423 e. The molecule has 0 fully saturated rings. The van der Waals surface area contributed by atoms with Crippen molar-refractivity contribution in [1.29, 1.82) is 0 Å². The Morgan fingerprint density at radius 3 is 3.00 bits per heavy atom. The molecule has 92 valence electrons. The topological polar surface area (TPSA) is 70.6 Å². The number of ether oxygens (including phenoxy) is 1. The lowest BCUT2D eigenvalue weighted by Gasteiger charge is -2.13. The molecule has 1 atom stereocenters. The molecule has 0 saturated heterocycles. The number of hydrogen-bond acceptors (Lipinski definition) is 3. The molecule has 1 aliphatic rings. The van der Waals surface area contributed by atoms with Gasteiger partial charge in [0.15, 0.2) is 0 Å². The molecule has 1 unspecified atom stereocenters. The number of hydrazine groups is 1. The monoisotopic (exact) mass is 256 g/mol. The first kappa shape index (κ1) is 11.9. The predicted molar refractivity (Wildman–Crippen MR) is 64.8 cm³/mol. The van der Waals surface area contributed by atoms with Crippen molar-refractivity contribution in [3.05, 3.63) is 22.2 Å². The third-order valence-electron chi connectivity index (χ3n) is 2.61. The van der Waals surface area contributed by atoms with Crippen molar-refractivity contribution in [3.63, 3.8) is 0 Å². The first-order valence-corrected chi connectivity index (χ1v) is 5.60. The molecule has 1 aliphatic heterocycles. The maximum Gasteiger partial charge on any atom is 0.423 e. The molecule has 0 spiro atoms. The number of aryl methyl sites for hydroxylation is 1. The molecule has 1 amide bonds. The van der Waals surface area contributed by atoms with E-state index in [1.54, 1.807) is 6.07 Å². The van der Waals surface area contributed by atoms with Crippen molar-refractivity contribution in [2.75, 3.05) is 5.43 Å². The number of carbonyl (C=O) groups is 1. The number of fused-ring (bicyclic) bond motifs is 1. The van der Waals surface area contributed by atoms with Gasteiger partial charge in [-0.25, -0.2) is 10.2 Å². The van der Waals surface area contributed by atoms with Gasteiger partial charge in [0.2, 0.25) is 0 Å². The van der Waals surface area contributed by atoms with Crippen molar-refractivity contribution in [2.24, 2.45) is 0 Å². The summed E-state index contributed by atoms with van der Waals surface area (Å²) in [5.74, 6) is 0.627. The number of benzene rings is 1. The van der Waals surface area contributed by atoms with Crippen LogP contribution in [0.3, 0.4) is 0 Å². The van der Waals surface area contributed by atoms with E-state index >= 15 is 0 Å². The Bertz CT molecular complexity index is 476. The Labute approximate surface area is 104 Å². The molecule has 0 aromatic heterocycles. The van der Waals surface area contributed by atoms with Crippen molar-refractivity contribution in [2.45, 2.75) is 26.4 Å². The van der Waals surface area contributed by atoms with Gasteiger partial charge in [0.1, 0.15) is 11.9 Å². The maximum absolute atomic E-state index is 10.4. The van der Waals surface area contributed by atoms with E-state index in [1.165, 1.54) is 0 Å². The summed E-state index contributed by atoms with van der Waals surface area (Å²) in [4.78, 5) is 10.4. The lowest BCUT2D eigenvalue weighted by atomic mass is 10.1. The van der Waals surface area contributed by atoms with Gasteiger partial charge in [-0.2, -0.15) is 0 Å². The maximum atomic E-state index is 10.4. The highest BCUT2D eigenvalue weighted by atomic mass is 35.5. The average molecular weight is 257 g/mol. The number of nitrogens with one attached hydrogen (secondary N) is 2. The van der Waals surface area contributed by atoms with Gasteiger partial charge in [0.05, 0.1) is 10.7 Å². The molecule has 0 bridgehead atoms. The summed E-state index contributed by atoms with van der Waals surface area (Å²) in [7, 11) is 0. The number of rotatable bonds is 2. The fraction of sp³-hybridized carbons (Fsp3) is 0.364. The van der Waals surface area contributed by atoms with Crippen LogP contribution in [-0.2, 0) is 6.42 Å². The highest BCUT2D eigenvalue weighted by Gasteiger charge is 2.26. The molecule has 6 heteroatoms. The van der Waals surface area contributed by atoms with Crippen molar-refractivity contribution in [1.82, 2.24) is 5.43 Å². The second-order valence-electron chi connectivity index (χ2n) is 4.05. The molecule has 0 aliphatic carbocycles. The summed E-state index contributed by atoms with van der Waals surface area (Å²) in [6, 6.07) is 1.76. The molecule has 1 aromatic rings. The predicted octanol–water partition coefficient (Wildman–Crippen LogP) is 2.57. The van der Waals surface area contributed by atoms with E-state index in [4.69, 9.17) is 21.4 Å². The fourth-order valence-corrected chi connectivity index (χ4v) is 2.12. The summed E-state index contributed by atoms with van der Waals surface area (Å²) >= 11 is 6.19. The lowest BCUT2D eigenvalue weighted by molar-refractivity contribution is 0.197. The van der Waals surface area contributed by atoms with Crippen LogP contribution in [0.4, 0.5) is 10.5 Å². The van der Waals surface area contributed by atoms with E-state index in [0.29, 0.717) is 16.5 Å². The highest BCUT2D eigenvalue weighted by molar-refractivity contribution is 6.32. The van der Waals surface area contributed by atoms with E-state index in [9.17, 15) is 4.79 Å². The van der Waals surface area contributed by atoms with Gasteiger partial charge in [0.25, 0.3) is 0 Å². The lowest BCUT2D eigenvalue weighted by Crippen LogP contribution is -2.27. The standard InChI is InChI=1S/C11H13ClN2O3/c1-5-3-8(13-14-11(15)16)10-7(9(5)12)4-6(2)17-10/h3,6,13-14H,4H2,1-2H3,(H,15,16). The number of amides is 1. The van der Waals surface area contributed by atoms with Gasteiger partial charge >= 0.3 is 6.09 Å². The third-order valence-corrected chi connectivity index (χ3v) is 3.13. The second kappa shape index (κ2) is 4.33. The van der Waals surface area contributed by atoms with Crippen molar-refractivity contribution in [3.8, 4) is 5.75 Å². The fourth-order valence-electron chi connectivity index (χ4n) is 1.91. The van der Waals surface area contributed by atoms with E-state index < -0.39 is 6.09 Å². The molecular formula is C11H13ClN2O3. The number of anilines is 1. The minimum absolute atomic E-state index is 0.0506. The number of carboxylic acid groups (broad SMARTS) is 1. The Hall–Kier alpha value is -1.62. The van der Waals surface area contributed by atoms with Gasteiger partial charge in [-0.05, 0) is 25.5 Å². The second-order valence-corrected chi connectivity index (χ2v) is 4.43. The van der Waals surface area contributed by atoms with Crippen LogP contribution in [0.2, 0.25) is 5.02 Å². The van der Waals surface area contributed by atoms with E-state index in [0.717, 1.165) is 17.5 Å². The molecule has 1 heterocycles. The average Bonchev–Trinajstić information content (AvgIpc) is 2.63. The molecule has 0 radical (unpaired) electrons. The van der Waals surface area contributed by atoms with Crippen LogP contribution in [0, 0.1) is 6.92 Å². The summed E-state index contributed by atoms with van der Waals surface area (Å²) < 4.78 is 5.63. The van der Waals surface area contributed by atoms with Crippen LogP contribution in [0.15, 0.2) is 6.07 Å². The Morgan fingerprint density at radius 2 is 2.35 bits per heavy atom. The molecule has 3 N–H and O–H groups in total. The quantitative estimate of drug-likeness (QED) is 0.711. The number of halogens is 1. The van der Waals surface area contributed by atoms with E-state index in [-0.39, 0.29) is 6.10 Å². The summed E-state index contributed by atoms with van der Waals surface area (Å²) in [5, 5.41) is 9.24. The largest absolute Gasteiger partial charge is 0.488 e. The Morgan fingerprint density at radius 1 is 1.65 bits per heavy atom. The molecule has 1 aromatic carbocycles. The zero-order valence-electron chi connectivity index (χ0n) is 9.50. The zero-order valence-corrected chi connectivity index (χ0v) is 10.3. The minimum atomic E-state index is -1.16. The number of hydrogen-bond donors (Lipinski definition) is 3. The molecule has 5 nitrogen and oxygen atoms in total. The molecular weight excluding hydrogens is 244 g/mol. The van der Waals surface area contributed by atoms with Crippen molar-refractivity contribution >= 4 is 23.4 Å². The van der Waals surface area contributed by atoms with Gasteiger partial charge in [-0.3, -0.25) is 5.43 Å². The normalized spacial score (nSPS) is 17.2. The highest BCUT2D eigenvalue weighted by Crippen LogP contribution is 2.42. The van der Waals surface area contributed by atoms with Gasteiger partial charge in [-0.15, -0.1) is 0 Å². The summed E-state index contributed by atoms with van der Waals surface area (Å²) in [6.07, 6.45) is -0.371. The molecule has 17 heavy (non-hydrogen) atoms. The Kier molecular flexibility index (Phi) is 3.02. The minimum Gasteiger partial charge on any atom is -0.488 e. The zero-order chi connectivity index (χ0) is 12.6. The summed E-state index contributed by atoms with van der Waals surface area (Å²) in [5.41, 5.74) is 7.10. The first-order valence-electron chi connectivity index (χ1n) is 5.22. The van der Waals surface area contributed by atoms with Gasteiger partial charge in [0, 0.05) is 12.0 Å². The van der Waals surface area contributed by atoms with Crippen LogP contribution < -0.4 is 15.6 Å². The van der Waals surface area contributed by atoms with Gasteiger partial charge in [-0.1, -0.05) is 11.6 Å². The molecule has 2 rings (SSSR count). The van der Waals surface area contributed by atoms with E-state index in [1.807, 2.05) is 13.8 Å². The van der Waals surface area contributed by atoms with Crippen LogP contribution in [0.1, 0.15) is 18.1 Å². The molecule has 0 saturated carbocycles. The first-order chi connectivity index (χ1) is 7.99. The summed E-state index contributed by atoms with van der Waals surface area (Å²) in [6.45, 7) is 3.82. The third kappa shape index (κ3) is 2.24. The Balaban J connectivity index is 2.37. The van der Waals surface area contributed by atoms with E-state index in [2.05, 4.69) is 10.9 Å². The van der Waals surface area contributed by atoms with Crippen LogP contribution in [0.5, 0.6) is 5.75 Å². The SMILES string of the molecule is Cc1cc(NNC(=O)O)c2c(c1Cl)CC(C)O2. The van der Waals surface area contributed by atoms with Gasteiger partial charge < -0.3 is 9.84 Å². The van der Waals surface area contributed by atoms with Crippen LogP contribution >= 0.6 is 11.6 Å². The van der Waals surface area contributed by atoms with Crippen LogP contribution in [-0.4, -0.2) is 17.3 Å².